The Kier molecular flexibility index (Phi) is 6.20. The summed E-state index contributed by atoms with van der Waals surface area (Å²) in [5, 5.41) is 2.67. The van der Waals surface area contributed by atoms with E-state index >= 15 is 0 Å². The Bertz CT molecular complexity index is 894. The molecule has 0 bridgehead atoms. The number of amides is 1. The minimum atomic E-state index is -0.564. The first-order chi connectivity index (χ1) is 13.2. The van der Waals surface area contributed by atoms with Crippen molar-refractivity contribution in [2.24, 2.45) is 0 Å². The van der Waals surface area contributed by atoms with E-state index in [-0.39, 0.29) is 13.2 Å². The lowest BCUT2D eigenvalue weighted by Gasteiger charge is -2.11. The average Bonchev–Trinajstić information content (AvgIpc) is 2.72. The van der Waals surface area contributed by atoms with Crippen LogP contribution in [0.3, 0.4) is 0 Å². The van der Waals surface area contributed by atoms with Crippen molar-refractivity contribution < 1.29 is 19.1 Å². The van der Waals surface area contributed by atoms with Crippen LogP contribution in [0, 0.1) is 0 Å². The van der Waals surface area contributed by atoms with E-state index in [0.717, 1.165) is 0 Å². The number of anilines is 1. The van der Waals surface area contributed by atoms with E-state index < -0.39 is 11.9 Å². The van der Waals surface area contributed by atoms with Gasteiger partial charge in [-0.25, -0.2) is 4.79 Å². The Hall–Kier alpha value is -3.60. The minimum Gasteiger partial charge on any atom is -0.489 e. The summed E-state index contributed by atoms with van der Waals surface area (Å²) in [5.41, 5.74) is 1.71. The average molecular weight is 361 g/mol. The van der Waals surface area contributed by atoms with Gasteiger partial charge in [-0.05, 0) is 30.3 Å². The number of benzene rings is 3. The summed E-state index contributed by atoms with van der Waals surface area (Å²) in [6.45, 7) is -0.132. The van der Waals surface area contributed by atoms with Gasteiger partial charge in [0, 0.05) is 11.3 Å². The molecule has 0 aliphatic rings. The van der Waals surface area contributed by atoms with Crippen LogP contribution < -0.4 is 10.1 Å². The van der Waals surface area contributed by atoms with E-state index in [2.05, 4.69) is 5.32 Å². The second-order valence-corrected chi connectivity index (χ2v) is 5.75. The van der Waals surface area contributed by atoms with E-state index in [9.17, 15) is 9.59 Å². The van der Waals surface area contributed by atoms with Crippen molar-refractivity contribution in [3.63, 3.8) is 0 Å². The highest BCUT2D eigenvalue weighted by atomic mass is 16.5. The van der Waals surface area contributed by atoms with Gasteiger partial charge in [0.05, 0.1) is 5.56 Å². The van der Waals surface area contributed by atoms with E-state index in [1.54, 1.807) is 30.3 Å². The van der Waals surface area contributed by atoms with Crippen LogP contribution in [0.5, 0.6) is 5.75 Å². The third kappa shape index (κ3) is 5.44. The molecule has 0 aliphatic heterocycles. The number of hydrogen-bond acceptors (Lipinski definition) is 4. The SMILES string of the molecule is O=C(COC(=O)c1ccccc1COc1ccccc1)Nc1ccccc1. The first-order valence-corrected chi connectivity index (χ1v) is 8.50. The molecule has 1 N–H and O–H groups in total. The van der Waals surface area contributed by atoms with Crippen LogP contribution in [0.15, 0.2) is 84.9 Å². The Labute approximate surface area is 157 Å². The highest BCUT2D eigenvalue weighted by Crippen LogP contribution is 2.15. The van der Waals surface area contributed by atoms with Crippen molar-refractivity contribution in [2.45, 2.75) is 6.61 Å². The highest BCUT2D eigenvalue weighted by Gasteiger charge is 2.14. The summed E-state index contributed by atoms with van der Waals surface area (Å²) in [7, 11) is 0. The first kappa shape index (κ1) is 18.2. The maximum atomic E-state index is 12.4. The lowest BCUT2D eigenvalue weighted by Crippen LogP contribution is -2.21. The van der Waals surface area contributed by atoms with E-state index in [0.29, 0.717) is 22.6 Å². The van der Waals surface area contributed by atoms with Crippen LogP contribution in [0.2, 0.25) is 0 Å². The summed E-state index contributed by atoms with van der Waals surface area (Å²) in [5.74, 6) is -0.249. The molecule has 136 valence electrons. The van der Waals surface area contributed by atoms with Crippen molar-refractivity contribution >= 4 is 17.6 Å². The number of para-hydroxylation sites is 2. The highest BCUT2D eigenvalue weighted by molar-refractivity contribution is 5.96. The maximum Gasteiger partial charge on any atom is 0.339 e. The van der Waals surface area contributed by atoms with Crippen molar-refractivity contribution in [3.05, 3.63) is 96.1 Å². The number of rotatable bonds is 7. The van der Waals surface area contributed by atoms with Crippen molar-refractivity contribution in [1.29, 1.82) is 0 Å². The number of hydrogen-bond donors (Lipinski definition) is 1. The molecule has 5 nitrogen and oxygen atoms in total. The Morgan fingerprint density at radius 3 is 2.15 bits per heavy atom. The minimum absolute atomic E-state index is 0.228. The van der Waals surface area contributed by atoms with Crippen LogP contribution >= 0.6 is 0 Å². The maximum absolute atomic E-state index is 12.4. The molecule has 0 heterocycles. The number of carbonyl (C=O) groups excluding carboxylic acids is 2. The lowest BCUT2D eigenvalue weighted by molar-refractivity contribution is -0.119. The molecule has 0 spiro atoms. The molecular weight excluding hydrogens is 342 g/mol. The Balaban J connectivity index is 1.57. The molecule has 0 aromatic heterocycles. The van der Waals surface area contributed by atoms with Gasteiger partial charge in [0.1, 0.15) is 12.4 Å². The molecule has 3 rings (SSSR count). The molecule has 3 aromatic rings. The van der Waals surface area contributed by atoms with Gasteiger partial charge in [-0.1, -0.05) is 54.6 Å². The molecule has 27 heavy (non-hydrogen) atoms. The fourth-order valence-electron chi connectivity index (χ4n) is 2.45. The number of carbonyl (C=O) groups is 2. The lowest BCUT2D eigenvalue weighted by atomic mass is 10.1. The zero-order chi connectivity index (χ0) is 18.9. The third-order valence-electron chi connectivity index (χ3n) is 3.77. The van der Waals surface area contributed by atoms with Crippen LogP contribution in [0.4, 0.5) is 5.69 Å². The fourth-order valence-corrected chi connectivity index (χ4v) is 2.45. The molecule has 0 fully saturated rings. The van der Waals surface area contributed by atoms with Crippen LogP contribution in [-0.4, -0.2) is 18.5 Å². The smallest absolute Gasteiger partial charge is 0.339 e. The normalized spacial score (nSPS) is 10.1. The van der Waals surface area contributed by atoms with Gasteiger partial charge in [-0.3, -0.25) is 4.79 Å². The summed E-state index contributed by atoms with van der Waals surface area (Å²) >= 11 is 0. The van der Waals surface area contributed by atoms with Crippen molar-refractivity contribution in [3.8, 4) is 5.75 Å². The predicted octanol–water partition coefficient (Wildman–Crippen LogP) is 4.06. The summed E-state index contributed by atoms with van der Waals surface area (Å²) < 4.78 is 10.8. The monoisotopic (exact) mass is 361 g/mol. The molecule has 3 aromatic carbocycles. The number of esters is 1. The largest absolute Gasteiger partial charge is 0.489 e. The standard InChI is InChI=1S/C22H19NO4/c24-21(23-18-10-3-1-4-11-18)16-27-22(25)20-14-8-7-9-17(20)15-26-19-12-5-2-6-13-19/h1-14H,15-16H2,(H,23,24). The Morgan fingerprint density at radius 2 is 1.41 bits per heavy atom. The fraction of sp³-hybridized carbons (Fsp3) is 0.0909. The van der Waals surface area contributed by atoms with Gasteiger partial charge in [-0.15, -0.1) is 0 Å². The molecule has 0 atom stereocenters. The van der Waals surface area contributed by atoms with E-state index in [4.69, 9.17) is 9.47 Å². The zero-order valence-electron chi connectivity index (χ0n) is 14.6. The molecule has 0 saturated carbocycles. The van der Waals surface area contributed by atoms with Gasteiger partial charge in [0.15, 0.2) is 6.61 Å². The van der Waals surface area contributed by atoms with Gasteiger partial charge in [0.2, 0.25) is 0 Å². The predicted molar refractivity (Wildman–Crippen MR) is 103 cm³/mol. The molecule has 0 radical (unpaired) electrons. The van der Waals surface area contributed by atoms with Crippen LogP contribution in [0.1, 0.15) is 15.9 Å². The van der Waals surface area contributed by atoms with E-state index in [1.165, 1.54) is 0 Å². The van der Waals surface area contributed by atoms with Crippen LogP contribution in [0.25, 0.3) is 0 Å². The molecule has 1 amide bonds. The molecule has 0 unspecified atom stereocenters. The molecular formula is C22H19NO4. The molecule has 0 aliphatic carbocycles. The van der Waals surface area contributed by atoms with Crippen molar-refractivity contribution in [1.82, 2.24) is 0 Å². The number of nitrogens with one attached hydrogen (secondary N) is 1. The van der Waals surface area contributed by atoms with Gasteiger partial charge in [-0.2, -0.15) is 0 Å². The second kappa shape index (κ2) is 9.20. The van der Waals surface area contributed by atoms with E-state index in [1.807, 2.05) is 54.6 Å². The molecule has 0 saturated heterocycles. The topological polar surface area (TPSA) is 64.6 Å². The first-order valence-electron chi connectivity index (χ1n) is 8.50. The zero-order valence-corrected chi connectivity index (χ0v) is 14.6. The second-order valence-electron chi connectivity index (χ2n) is 5.75. The van der Waals surface area contributed by atoms with Crippen LogP contribution in [-0.2, 0) is 16.1 Å². The van der Waals surface area contributed by atoms with Gasteiger partial charge >= 0.3 is 5.97 Å². The van der Waals surface area contributed by atoms with Gasteiger partial charge in [0.25, 0.3) is 5.91 Å². The Morgan fingerprint density at radius 1 is 0.778 bits per heavy atom. The number of ether oxygens (including phenoxy) is 2. The summed E-state index contributed by atoms with van der Waals surface area (Å²) in [6.07, 6.45) is 0. The van der Waals surface area contributed by atoms with Crippen molar-refractivity contribution in [2.75, 3.05) is 11.9 Å². The molecule has 5 heteroatoms. The summed E-state index contributed by atoms with van der Waals surface area (Å²) in [6, 6.07) is 25.3. The summed E-state index contributed by atoms with van der Waals surface area (Å²) in [4.78, 5) is 24.3. The quantitative estimate of drug-likeness (QED) is 0.645. The third-order valence-corrected chi connectivity index (χ3v) is 3.77. The van der Waals surface area contributed by atoms with Gasteiger partial charge < -0.3 is 14.8 Å².